The highest BCUT2D eigenvalue weighted by Crippen LogP contribution is 2.38. The number of halogens is 5. The standard InChI is InChI=1S/C24H25N3O4.2C21H19F2N3O4.C20H20N4O4.C19H15FN4O3/c1-15(2)17-6-4-5-16(11-17)9-10-24(22(29)25-23(30)26-24)14-27-13-18-7-8-19(31-3)12-20(18)21(27)28;1-30-15-5-3-13-10-26(18(27)16(13)9-15)11-21(19(28)24-20(29)25-21)7-6-12-2-4-14(22)8-17(12)23;1-30-16-3-2-13-10-26(18(27)17(13)9-16)11-21(19(28)24-20(29)25-21)5-4-12-6-14(22)8-15(23)7-12;1-28-15-5-4-14-11-24(17(25)16(14)9-15)12-20(18(26)22-19(27)23-20)7-6-13-3-2-8-21-10-13;20-14-4-3-13-10-24(16(25)15(13)8-14)11-19(17(26)22-18(27)23-19)6-5-12-2-1-7-21-9-12/h4-12,15H,13-14H2,1-3H3,(H2,25,26,29,30);2-5,8-9H,6-7,10-11H2,1H3,(H2,24,25,28,29);2-3,6-9H,4-5,10-11H2,1H3,(H2,24,25,28,29);2-5,8-10H,6-7,11-12H2,1H3,(H2,22,23,26,27);1-9H,10-11H2,(H2,22,23,26,27)/b10-9+;;;;6-5-/t24-;2*21-;20-;/m1111./s1. The first-order valence-corrected chi connectivity index (χ1v) is 46.2. The molecule has 10 aliphatic heterocycles. The van der Waals surface area contributed by atoms with Gasteiger partial charge in [-0.3, -0.25) is 84.5 Å². The molecule has 5 fully saturated rings. The number of hydrogen-bond donors (Lipinski definition) is 10. The zero-order chi connectivity index (χ0) is 104. The molecule has 10 N–H and O–H groups in total. The molecule has 0 bridgehead atoms. The Morgan fingerprint density at radius 2 is 0.685 bits per heavy atom. The van der Waals surface area contributed by atoms with E-state index in [1.807, 2.05) is 48.5 Å². The number of hydrogen-bond acceptors (Lipinski definition) is 21. The number of rotatable bonds is 28. The number of nitrogens with zero attached hydrogens (tertiary/aromatic N) is 7. The minimum absolute atomic E-state index is 0.0285. The van der Waals surface area contributed by atoms with E-state index >= 15 is 0 Å². The molecule has 36 nitrogen and oxygen atoms in total. The van der Waals surface area contributed by atoms with Crippen molar-refractivity contribution in [2.75, 3.05) is 61.2 Å². The summed E-state index contributed by atoms with van der Waals surface area (Å²) in [7, 11) is 6.10. The van der Waals surface area contributed by atoms with Crippen molar-refractivity contribution >= 4 is 101 Å². The average molecular weight is 2000 g/mol. The highest BCUT2D eigenvalue weighted by atomic mass is 19.1. The lowest BCUT2D eigenvalue weighted by molar-refractivity contribution is -0.125. The maximum absolute atomic E-state index is 14.0. The quantitative estimate of drug-likeness (QED) is 0.0161. The third kappa shape index (κ3) is 22.0. The lowest BCUT2D eigenvalue weighted by Crippen LogP contribution is -2.55. The van der Waals surface area contributed by atoms with Crippen LogP contribution in [0.25, 0.3) is 12.2 Å². The van der Waals surface area contributed by atoms with Gasteiger partial charge < -0.3 is 70.0 Å². The smallest absolute Gasteiger partial charge is 0.322 e. The lowest BCUT2D eigenvalue weighted by Gasteiger charge is -2.31. The topological polar surface area (TPSA) is 455 Å². The highest BCUT2D eigenvalue weighted by Gasteiger charge is 2.54. The number of imide groups is 5. The minimum atomic E-state index is -1.42. The molecule has 146 heavy (non-hydrogen) atoms. The molecule has 8 aromatic carbocycles. The van der Waals surface area contributed by atoms with Crippen LogP contribution in [0.2, 0.25) is 0 Å². The van der Waals surface area contributed by atoms with Crippen molar-refractivity contribution in [2.24, 2.45) is 0 Å². The number of fused-ring (bicyclic) bond motifs is 5. The Bertz CT molecular complexity index is 7020. The normalized spacial score (nSPS) is 20.6. The zero-order valence-electron chi connectivity index (χ0n) is 79.5. The minimum Gasteiger partial charge on any atom is -0.497 e. The number of aryl methyl sites for hydroxylation is 3. The van der Waals surface area contributed by atoms with Crippen LogP contribution in [-0.2, 0) is 76.0 Å². The molecular weight excluding hydrogens is 1900 g/mol. The van der Waals surface area contributed by atoms with Crippen LogP contribution in [0, 0.1) is 29.1 Å². The summed E-state index contributed by atoms with van der Waals surface area (Å²) in [6.45, 7) is 5.65. The van der Waals surface area contributed by atoms with Gasteiger partial charge in [-0.1, -0.05) is 98.8 Å². The van der Waals surface area contributed by atoms with Crippen LogP contribution in [0.4, 0.5) is 45.9 Å². The SMILES string of the molecule is COc1ccc2c(c1)C(=O)N(C[C@@]1(/C=C/c3cccc(C(C)C)c3)NC(=O)NC1=O)C2.COc1ccc2c(c1)C(=O)N(C[C@@]1(CCc3cc(F)cc(F)c3)NC(=O)NC1=O)C2.COc1ccc2c(c1)C(=O)N(C[C@@]1(CCc3ccc(F)cc3F)NC(=O)NC1=O)C2.COc1ccc2c(c1)C(=O)N(C[C@@]1(CCc3cccnc3)NC(=O)NC1=O)C2.O=C1NC(=O)C(/C=C\c2cccnc2)(CN2Cc3ccc(F)cc3C2=O)N1. The second kappa shape index (κ2) is 42.3. The second-order valence-electron chi connectivity index (χ2n) is 36.6. The number of nitrogens with one attached hydrogen (secondary N) is 10. The Morgan fingerprint density at radius 1 is 0.336 bits per heavy atom. The van der Waals surface area contributed by atoms with Crippen LogP contribution < -0.4 is 72.1 Å². The molecule has 10 aliphatic rings. The van der Waals surface area contributed by atoms with E-state index in [2.05, 4.69) is 83.0 Å². The predicted octanol–water partition coefficient (Wildman–Crippen LogP) is 10.1. The summed E-state index contributed by atoms with van der Waals surface area (Å²) in [5.74, 6) is -4.66. The molecule has 0 saturated carbocycles. The number of pyridine rings is 2. The van der Waals surface area contributed by atoms with Crippen molar-refractivity contribution in [3.05, 3.63) is 331 Å². The fourth-order valence-corrected chi connectivity index (χ4v) is 18.7. The van der Waals surface area contributed by atoms with Crippen LogP contribution in [0.1, 0.15) is 152 Å². The van der Waals surface area contributed by atoms with Crippen LogP contribution >= 0.6 is 0 Å². The number of carbonyl (C=O) groups is 15. The zero-order valence-corrected chi connectivity index (χ0v) is 79.5. The van der Waals surface area contributed by atoms with Gasteiger partial charge in [-0.05, 0) is 209 Å². The number of amides is 20. The summed E-state index contributed by atoms with van der Waals surface area (Å²) < 4.78 is 88.4. The van der Waals surface area contributed by atoms with Crippen molar-refractivity contribution in [1.29, 1.82) is 0 Å². The maximum atomic E-state index is 14.0. The van der Waals surface area contributed by atoms with Crippen LogP contribution in [0.3, 0.4) is 0 Å². The average Bonchev–Trinajstić information content (AvgIpc) is 1.63. The monoisotopic (exact) mass is 2000 g/mol. The van der Waals surface area contributed by atoms with Crippen LogP contribution in [0.15, 0.2) is 213 Å². The Labute approximate surface area is 831 Å². The van der Waals surface area contributed by atoms with Crippen molar-refractivity contribution in [1.82, 2.24) is 87.6 Å². The molecule has 5 atom stereocenters. The van der Waals surface area contributed by atoms with E-state index in [4.69, 9.17) is 18.9 Å². The summed E-state index contributed by atoms with van der Waals surface area (Å²) in [4.78, 5) is 202. The third-order valence-corrected chi connectivity index (χ3v) is 26.5. The third-order valence-electron chi connectivity index (χ3n) is 26.5. The molecule has 1 unspecified atom stereocenters. The molecular formula is C105H98F5N17O19. The van der Waals surface area contributed by atoms with Crippen molar-refractivity contribution < 1.29 is 113 Å². The van der Waals surface area contributed by atoms with Crippen LogP contribution in [0.5, 0.6) is 23.0 Å². The van der Waals surface area contributed by atoms with E-state index in [0.29, 0.717) is 88.2 Å². The van der Waals surface area contributed by atoms with E-state index in [9.17, 15) is 93.9 Å². The van der Waals surface area contributed by atoms with Gasteiger partial charge in [0.05, 0.1) is 61.2 Å². The number of urea groups is 5. The Balaban J connectivity index is 0.000000131. The Kier molecular flexibility index (Phi) is 29.4. The Hall–Kier alpha value is -17.6. The molecule has 0 radical (unpaired) electrons. The van der Waals surface area contributed by atoms with E-state index in [1.54, 1.807) is 146 Å². The number of benzene rings is 8. The van der Waals surface area contributed by atoms with E-state index in [1.165, 1.54) is 64.8 Å². The number of ether oxygens (including phenoxy) is 4. The van der Waals surface area contributed by atoms with Gasteiger partial charge in [0.15, 0.2) is 11.1 Å². The number of methoxy groups -OCH3 is 4. The fourth-order valence-electron chi connectivity index (χ4n) is 18.7. The van der Waals surface area contributed by atoms with Gasteiger partial charge in [0.2, 0.25) is 0 Å². The van der Waals surface area contributed by atoms with Gasteiger partial charge in [-0.15, -0.1) is 0 Å². The van der Waals surface area contributed by atoms with E-state index < -0.39 is 116 Å². The van der Waals surface area contributed by atoms with Gasteiger partial charge in [0.1, 0.15) is 68.7 Å². The molecule has 20 rings (SSSR count). The van der Waals surface area contributed by atoms with Gasteiger partial charge in [0, 0.05) is 97.5 Å². The highest BCUT2D eigenvalue weighted by molar-refractivity contribution is 6.13. The second-order valence-corrected chi connectivity index (χ2v) is 36.6. The molecule has 10 aromatic rings. The molecule has 41 heteroatoms. The summed E-state index contributed by atoms with van der Waals surface area (Å²) >= 11 is 0. The molecule has 20 amide bonds. The van der Waals surface area contributed by atoms with Gasteiger partial charge in [0.25, 0.3) is 59.1 Å². The maximum Gasteiger partial charge on any atom is 0.322 e. The first-order valence-electron chi connectivity index (χ1n) is 46.2. The van der Waals surface area contributed by atoms with Gasteiger partial charge in [-0.25, -0.2) is 45.9 Å². The molecule has 12 heterocycles. The Morgan fingerprint density at radius 3 is 1.05 bits per heavy atom. The lowest BCUT2D eigenvalue weighted by atomic mass is 9.90. The summed E-state index contributed by atoms with van der Waals surface area (Å²) in [5, 5.41) is 24.5. The molecule has 5 saturated heterocycles. The largest absolute Gasteiger partial charge is 0.497 e. The summed E-state index contributed by atoms with van der Waals surface area (Å²) in [5.41, 5.74) is 3.91. The van der Waals surface area contributed by atoms with Gasteiger partial charge >= 0.3 is 30.2 Å². The van der Waals surface area contributed by atoms with Crippen molar-refractivity contribution in [2.45, 2.75) is 119 Å². The van der Waals surface area contributed by atoms with Crippen molar-refractivity contribution in [3.63, 3.8) is 0 Å². The van der Waals surface area contributed by atoms with E-state index in [0.717, 1.165) is 57.1 Å². The number of aromatic nitrogens is 2. The van der Waals surface area contributed by atoms with Gasteiger partial charge in [-0.2, -0.15) is 0 Å². The predicted molar refractivity (Wildman–Crippen MR) is 514 cm³/mol. The summed E-state index contributed by atoms with van der Waals surface area (Å²) in [6, 6.07) is 43.5. The van der Waals surface area contributed by atoms with Crippen LogP contribution in [-0.4, -0.2) is 213 Å². The first-order chi connectivity index (χ1) is 69.9. The molecule has 752 valence electrons. The summed E-state index contributed by atoms with van der Waals surface area (Å²) in [6.07, 6.45) is 14.5. The number of carbonyl (C=O) groups excluding carboxylic acids is 15. The molecule has 0 spiro atoms. The molecule has 2 aromatic heterocycles. The first kappa shape index (κ1) is 101. The fraction of sp³-hybridized carbons (Fsp3) is 0.267. The van der Waals surface area contributed by atoms with Crippen molar-refractivity contribution in [3.8, 4) is 23.0 Å². The van der Waals surface area contributed by atoms with E-state index in [-0.39, 0.29) is 119 Å². The molecule has 0 aliphatic carbocycles.